The van der Waals surface area contributed by atoms with Gasteiger partial charge in [-0.15, -0.1) is 0 Å². The Morgan fingerprint density at radius 2 is 1.87 bits per heavy atom. The second-order valence-electron chi connectivity index (χ2n) is 6.47. The first-order valence-corrected chi connectivity index (χ1v) is 8.80. The van der Waals surface area contributed by atoms with E-state index in [-0.39, 0.29) is 29.0 Å². The molecule has 0 spiro atoms. The smallest absolute Gasteiger partial charge is 0.416 e. The first-order chi connectivity index (χ1) is 14.2. The number of carbonyl (C=O) groups is 1. The van der Waals surface area contributed by atoms with Crippen molar-refractivity contribution in [3.8, 4) is 11.5 Å². The Bertz CT molecular complexity index is 1170. The fourth-order valence-corrected chi connectivity index (χ4v) is 3.11. The molecule has 0 saturated heterocycles. The number of carbonyl (C=O) groups excluding carboxylic acids is 1. The minimum absolute atomic E-state index is 0.0240. The maximum Gasteiger partial charge on any atom is 0.416 e. The van der Waals surface area contributed by atoms with Crippen molar-refractivity contribution in [2.24, 2.45) is 0 Å². The molecule has 1 N–H and O–H groups in total. The Balaban J connectivity index is 1.93. The first-order valence-electron chi connectivity index (χ1n) is 8.80. The van der Waals surface area contributed by atoms with Gasteiger partial charge in [0.05, 0.1) is 31.8 Å². The average molecular weight is 421 g/mol. The summed E-state index contributed by atoms with van der Waals surface area (Å²) in [5.41, 5.74) is -0.875. The molecular formula is C21H18F3NO5. The molecule has 3 rings (SSSR count). The normalized spacial score (nSPS) is 11.4. The summed E-state index contributed by atoms with van der Waals surface area (Å²) in [5, 5.41) is 2.93. The fraction of sp³-hybridized carbons (Fsp3) is 0.238. The lowest BCUT2D eigenvalue weighted by Gasteiger charge is -2.13. The number of fused-ring (bicyclic) bond motifs is 1. The average Bonchev–Trinajstić information content (AvgIpc) is 2.69. The molecule has 6 nitrogen and oxygen atoms in total. The van der Waals surface area contributed by atoms with Gasteiger partial charge in [-0.25, -0.2) is 4.79 Å². The molecule has 3 aromatic rings. The lowest BCUT2D eigenvalue weighted by molar-refractivity contribution is -0.137. The molecule has 0 atom stereocenters. The van der Waals surface area contributed by atoms with E-state index in [2.05, 4.69) is 5.32 Å². The lowest BCUT2D eigenvalue weighted by Crippen LogP contribution is -2.21. The van der Waals surface area contributed by atoms with E-state index in [1.165, 1.54) is 26.4 Å². The van der Waals surface area contributed by atoms with Gasteiger partial charge in [-0.2, -0.15) is 13.2 Å². The van der Waals surface area contributed by atoms with Gasteiger partial charge < -0.3 is 19.2 Å². The lowest BCUT2D eigenvalue weighted by atomic mass is 10.0. The van der Waals surface area contributed by atoms with E-state index in [0.717, 1.165) is 12.1 Å². The SMILES string of the molecule is COc1ccc2c(C)c(CC(=O)Nc3cccc(C(F)(F)F)c3)c(=O)oc2c1OC. The van der Waals surface area contributed by atoms with Gasteiger partial charge in [-0.3, -0.25) is 4.79 Å². The summed E-state index contributed by atoms with van der Waals surface area (Å²) >= 11 is 0. The van der Waals surface area contributed by atoms with Gasteiger partial charge in [0.1, 0.15) is 0 Å². The number of ether oxygens (including phenoxy) is 2. The zero-order valence-electron chi connectivity index (χ0n) is 16.3. The summed E-state index contributed by atoms with van der Waals surface area (Å²) in [6, 6.07) is 7.56. The van der Waals surface area contributed by atoms with E-state index in [9.17, 15) is 22.8 Å². The van der Waals surface area contributed by atoms with Crippen LogP contribution in [-0.2, 0) is 17.4 Å². The van der Waals surface area contributed by atoms with Crippen LogP contribution in [-0.4, -0.2) is 20.1 Å². The van der Waals surface area contributed by atoms with Crippen molar-refractivity contribution >= 4 is 22.6 Å². The molecule has 1 aromatic heterocycles. The maximum atomic E-state index is 12.8. The molecule has 30 heavy (non-hydrogen) atoms. The largest absolute Gasteiger partial charge is 0.493 e. The number of anilines is 1. The van der Waals surface area contributed by atoms with Crippen molar-refractivity contribution in [1.82, 2.24) is 0 Å². The maximum absolute atomic E-state index is 12.8. The molecule has 0 radical (unpaired) electrons. The molecule has 2 aromatic carbocycles. The number of nitrogens with one attached hydrogen (secondary N) is 1. The number of alkyl halides is 3. The van der Waals surface area contributed by atoms with Crippen LogP contribution in [0, 0.1) is 6.92 Å². The Morgan fingerprint density at radius 1 is 1.13 bits per heavy atom. The van der Waals surface area contributed by atoms with Gasteiger partial charge in [0.25, 0.3) is 0 Å². The molecule has 0 aliphatic rings. The molecule has 9 heteroatoms. The number of rotatable bonds is 5. The molecule has 0 fully saturated rings. The highest BCUT2D eigenvalue weighted by Gasteiger charge is 2.30. The predicted molar refractivity (Wildman–Crippen MR) is 104 cm³/mol. The van der Waals surface area contributed by atoms with E-state index in [0.29, 0.717) is 16.7 Å². The van der Waals surface area contributed by atoms with Crippen molar-refractivity contribution in [2.45, 2.75) is 19.5 Å². The quantitative estimate of drug-likeness (QED) is 0.621. The van der Waals surface area contributed by atoms with Crippen LogP contribution < -0.4 is 20.4 Å². The number of methoxy groups -OCH3 is 2. The minimum atomic E-state index is -4.53. The van der Waals surface area contributed by atoms with Crippen molar-refractivity contribution < 1.29 is 31.9 Å². The Labute approximate surface area is 169 Å². The van der Waals surface area contributed by atoms with E-state index >= 15 is 0 Å². The van der Waals surface area contributed by atoms with Crippen LogP contribution in [0.15, 0.2) is 45.6 Å². The zero-order valence-corrected chi connectivity index (χ0v) is 16.3. The molecule has 0 aliphatic carbocycles. The van der Waals surface area contributed by atoms with Gasteiger partial charge in [-0.1, -0.05) is 6.07 Å². The molecule has 0 saturated carbocycles. The summed E-state index contributed by atoms with van der Waals surface area (Å²) in [7, 11) is 2.85. The van der Waals surface area contributed by atoms with Crippen molar-refractivity contribution in [3.05, 3.63) is 63.5 Å². The molecular weight excluding hydrogens is 403 g/mol. The van der Waals surface area contributed by atoms with Crippen LogP contribution in [0.5, 0.6) is 11.5 Å². The van der Waals surface area contributed by atoms with Gasteiger partial charge in [0.15, 0.2) is 11.3 Å². The van der Waals surface area contributed by atoms with Crippen molar-refractivity contribution in [1.29, 1.82) is 0 Å². The number of hydrogen-bond donors (Lipinski definition) is 1. The van der Waals surface area contributed by atoms with Gasteiger partial charge in [-0.05, 0) is 42.8 Å². The van der Waals surface area contributed by atoms with Crippen LogP contribution >= 0.6 is 0 Å². The van der Waals surface area contributed by atoms with E-state index in [1.54, 1.807) is 19.1 Å². The summed E-state index contributed by atoms with van der Waals surface area (Å²) in [4.78, 5) is 24.9. The third-order valence-corrected chi connectivity index (χ3v) is 4.61. The Kier molecular flexibility index (Phi) is 5.73. The summed E-state index contributed by atoms with van der Waals surface area (Å²) in [5.74, 6) is -0.0256. The van der Waals surface area contributed by atoms with Gasteiger partial charge >= 0.3 is 11.8 Å². The molecule has 158 valence electrons. The third-order valence-electron chi connectivity index (χ3n) is 4.61. The van der Waals surface area contributed by atoms with Crippen molar-refractivity contribution in [2.75, 3.05) is 19.5 Å². The molecule has 1 amide bonds. The van der Waals surface area contributed by atoms with Gasteiger partial charge in [0, 0.05) is 11.1 Å². The monoisotopic (exact) mass is 421 g/mol. The second kappa shape index (κ2) is 8.10. The zero-order chi connectivity index (χ0) is 22.1. The highest BCUT2D eigenvalue weighted by molar-refractivity contribution is 5.94. The van der Waals surface area contributed by atoms with Crippen LogP contribution in [0.2, 0.25) is 0 Å². The van der Waals surface area contributed by atoms with E-state index in [1.807, 2.05) is 0 Å². The summed E-state index contributed by atoms with van der Waals surface area (Å²) in [6.45, 7) is 1.65. The fourth-order valence-electron chi connectivity index (χ4n) is 3.11. The molecule has 0 aliphatic heterocycles. The number of halogens is 3. The minimum Gasteiger partial charge on any atom is -0.493 e. The molecule has 1 heterocycles. The number of benzene rings is 2. The number of hydrogen-bond acceptors (Lipinski definition) is 5. The highest BCUT2D eigenvalue weighted by Crippen LogP contribution is 2.36. The van der Waals surface area contributed by atoms with E-state index in [4.69, 9.17) is 13.9 Å². The van der Waals surface area contributed by atoms with E-state index < -0.39 is 23.3 Å². The predicted octanol–water partition coefficient (Wildman–Crippen LogP) is 4.32. The second-order valence-corrected chi connectivity index (χ2v) is 6.47. The van der Waals surface area contributed by atoms with Crippen LogP contribution in [0.4, 0.5) is 18.9 Å². The molecule has 0 bridgehead atoms. The van der Waals surface area contributed by atoms with Crippen LogP contribution in [0.1, 0.15) is 16.7 Å². The number of aryl methyl sites for hydroxylation is 1. The summed E-state index contributed by atoms with van der Waals surface area (Å²) in [6.07, 6.45) is -4.90. The highest BCUT2D eigenvalue weighted by atomic mass is 19.4. The standard InChI is InChI=1S/C21H18F3NO5/c1-11-14-7-8-16(28-2)19(29-3)18(14)30-20(27)15(11)10-17(26)25-13-6-4-5-12(9-13)21(22,23)24/h4-9H,10H2,1-3H3,(H,25,26). The topological polar surface area (TPSA) is 77.8 Å². The molecule has 0 unspecified atom stereocenters. The third kappa shape index (κ3) is 4.10. The summed E-state index contributed by atoms with van der Waals surface area (Å²) < 4.78 is 54.3. The van der Waals surface area contributed by atoms with Crippen molar-refractivity contribution in [3.63, 3.8) is 0 Å². The van der Waals surface area contributed by atoms with Crippen LogP contribution in [0.25, 0.3) is 11.0 Å². The van der Waals surface area contributed by atoms with Crippen LogP contribution in [0.3, 0.4) is 0 Å². The Hall–Kier alpha value is -3.49. The van der Waals surface area contributed by atoms with Gasteiger partial charge in [0.2, 0.25) is 11.7 Å². The first kappa shape index (κ1) is 21.2. The Morgan fingerprint density at radius 3 is 2.50 bits per heavy atom. The number of amides is 1.